The van der Waals surface area contributed by atoms with Gasteiger partial charge < -0.3 is 9.62 Å². The number of hydroxylamine groups is 2. The molecule has 17 heavy (non-hydrogen) atoms. The molecular weight excluding hydrogens is 220 g/mol. The van der Waals surface area contributed by atoms with Crippen molar-refractivity contribution in [3.8, 4) is 0 Å². The first-order valence-electron chi connectivity index (χ1n) is 5.96. The minimum atomic E-state index is -0.168. The van der Waals surface area contributed by atoms with Gasteiger partial charge >= 0.3 is 5.71 Å². The van der Waals surface area contributed by atoms with Gasteiger partial charge in [0.15, 0.2) is 0 Å². The Balaban J connectivity index is 2.03. The zero-order chi connectivity index (χ0) is 11.8. The topological polar surface area (TPSA) is 62.5 Å². The summed E-state index contributed by atoms with van der Waals surface area (Å²) < 4.78 is 7.40. The van der Waals surface area contributed by atoms with Crippen LogP contribution in [0.3, 0.4) is 0 Å². The van der Waals surface area contributed by atoms with E-state index < -0.39 is 0 Å². The van der Waals surface area contributed by atoms with E-state index in [2.05, 4.69) is 0 Å². The van der Waals surface area contributed by atoms with Gasteiger partial charge in [-0.3, -0.25) is 5.21 Å². The minimum Gasteiger partial charge on any atom is -0.623 e. The van der Waals surface area contributed by atoms with E-state index >= 15 is 0 Å². The highest BCUT2D eigenvalue weighted by Gasteiger charge is 2.46. The molecule has 0 bridgehead atoms. The summed E-state index contributed by atoms with van der Waals surface area (Å²) >= 11 is 0. The summed E-state index contributed by atoms with van der Waals surface area (Å²) in [6.45, 7) is 0. The van der Waals surface area contributed by atoms with Crippen LogP contribution < -0.4 is 0 Å². The molecular formula is C12H15N2O3+. The van der Waals surface area contributed by atoms with E-state index in [1.54, 1.807) is 12.1 Å². The van der Waals surface area contributed by atoms with Crippen molar-refractivity contribution in [2.75, 3.05) is 0 Å². The van der Waals surface area contributed by atoms with Crippen molar-refractivity contribution in [3.05, 3.63) is 29.4 Å². The molecule has 3 rings (SSSR count). The van der Waals surface area contributed by atoms with E-state index in [0.717, 1.165) is 30.4 Å². The SMILES string of the molecule is [O-][N+]1=C(c2ccco2)C=[N+](O)[C@@H]2CCCC[C@H]21. The maximum absolute atomic E-state index is 12.3. The second-order valence-electron chi connectivity index (χ2n) is 4.62. The lowest BCUT2D eigenvalue weighted by Gasteiger charge is -2.27. The monoisotopic (exact) mass is 235 g/mol. The summed E-state index contributed by atoms with van der Waals surface area (Å²) in [5.41, 5.74) is 0.403. The first-order chi connectivity index (χ1) is 8.27. The second-order valence-corrected chi connectivity index (χ2v) is 4.62. The molecule has 1 fully saturated rings. The van der Waals surface area contributed by atoms with E-state index in [9.17, 15) is 10.4 Å². The van der Waals surface area contributed by atoms with Gasteiger partial charge in [-0.2, -0.15) is 4.74 Å². The summed E-state index contributed by atoms with van der Waals surface area (Å²) in [5, 5.41) is 22.2. The molecule has 0 saturated heterocycles. The van der Waals surface area contributed by atoms with Crippen molar-refractivity contribution in [3.63, 3.8) is 0 Å². The first kappa shape index (κ1) is 10.4. The fourth-order valence-electron chi connectivity index (χ4n) is 2.73. The van der Waals surface area contributed by atoms with Gasteiger partial charge in [-0.05, 0) is 29.7 Å². The second kappa shape index (κ2) is 3.91. The molecule has 1 aliphatic carbocycles. The summed E-state index contributed by atoms with van der Waals surface area (Å²) in [7, 11) is 0. The zero-order valence-electron chi connectivity index (χ0n) is 9.45. The summed E-state index contributed by atoms with van der Waals surface area (Å²) in [6, 6.07) is 3.21. The highest BCUT2D eigenvalue weighted by atomic mass is 16.5. The number of hydrogen-bond acceptors (Lipinski definition) is 3. The number of rotatable bonds is 1. The Morgan fingerprint density at radius 1 is 1.29 bits per heavy atom. The third-order valence-corrected chi connectivity index (χ3v) is 3.60. The molecule has 1 saturated carbocycles. The van der Waals surface area contributed by atoms with Gasteiger partial charge in [0.1, 0.15) is 0 Å². The van der Waals surface area contributed by atoms with Crippen molar-refractivity contribution < 1.29 is 19.1 Å². The van der Waals surface area contributed by atoms with E-state index in [1.165, 1.54) is 17.2 Å². The standard InChI is InChI=1S/C12H15N2O3/c15-13-8-11(12-6-3-7-17-12)14(16)10-5-2-1-4-9(10)13/h3,6-10,15H,1-2,4-5H2/q+1/t9-,10-/m1/s1. The van der Waals surface area contributed by atoms with Crippen molar-refractivity contribution in [2.45, 2.75) is 37.8 Å². The molecule has 1 N–H and O–H groups in total. The van der Waals surface area contributed by atoms with Crippen LogP contribution in [0.15, 0.2) is 22.8 Å². The molecule has 0 radical (unpaired) electrons. The maximum atomic E-state index is 12.3. The van der Waals surface area contributed by atoms with Gasteiger partial charge in [-0.1, -0.05) is 0 Å². The molecule has 2 aliphatic rings. The quantitative estimate of drug-likeness (QED) is 0.454. The highest BCUT2D eigenvalue weighted by molar-refractivity contribution is 6.33. The van der Waals surface area contributed by atoms with Gasteiger partial charge in [0.2, 0.25) is 11.8 Å². The van der Waals surface area contributed by atoms with Crippen LogP contribution in [0, 0.1) is 5.21 Å². The fraction of sp³-hybridized carbons (Fsp3) is 0.500. The average molecular weight is 235 g/mol. The molecule has 90 valence electrons. The third-order valence-electron chi connectivity index (χ3n) is 3.60. The molecule has 2 heterocycles. The van der Waals surface area contributed by atoms with E-state index in [4.69, 9.17) is 4.42 Å². The van der Waals surface area contributed by atoms with Crippen molar-refractivity contribution in [1.82, 2.24) is 0 Å². The number of fused-ring (bicyclic) bond motifs is 1. The lowest BCUT2D eigenvalue weighted by atomic mass is 9.89. The molecule has 0 unspecified atom stereocenters. The van der Waals surface area contributed by atoms with Crippen LogP contribution in [0.1, 0.15) is 31.4 Å². The van der Waals surface area contributed by atoms with Gasteiger partial charge in [0, 0.05) is 12.8 Å². The van der Waals surface area contributed by atoms with Gasteiger partial charge in [0.25, 0.3) is 12.3 Å². The van der Waals surface area contributed by atoms with Crippen LogP contribution in [0.2, 0.25) is 0 Å². The maximum Gasteiger partial charge on any atom is 0.322 e. The van der Waals surface area contributed by atoms with Crippen molar-refractivity contribution >= 4 is 11.9 Å². The summed E-state index contributed by atoms with van der Waals surface area (Å²) in [5.74, 6) is 0.503. The van der Waals surface area contributed by atoms with Gasteiger partial charge in [0.05, 0.1) is 6.26 Å². The molecule has 1 aliphatic heterocycles. The fourth-order valence-corrected chi connectivity index (χ4v) is 2.73. The van der Waals surface area contributed by atoms with E-state index in [0.29, 0.717) is 11.5 Å². The summed E-state index contributed by atoms with van der Waals surface area (Å²) in [6.07, 6.45) is 6.79. The highest BCUT2D eigenvalue weighted by Crippen LogP contribution is 2.25. The lowest BCUT2D eigenvalue weighted by Crippen LogP contribution is -2.51. The molecule has 1 aromatic heterocycles. The van der Waals surface area contributed by atoms with Crippen LogP contribution >= 0.6 is 0 Å². The Hall–Kier alpha value is -1.78. The average Bonchev–Trinajstić information content (AvgIpc) is 2.87. The first-order valence-corrected chi connectivity index (χ1v) is 5.96. The Kier molecular flexibility index (Phi) is 2.39. The van der Waals surface area contributed by atoms with E-state index in [-0.39, 0.29) is 12.1 Å². The van der Waals surface area contributed by atoms with Crippen LogP contribution in [-0.2, 0) is 0 Å². The Morgan fingerprint density at radius 2 is 2.06 bits per heavy atom. The van der Waals surface area contributed by atoms with Crippen LogP contribution in [-0.4, -0.2) is 38.7 Å². The third kappa shape index (κ3) is 1.62. The van der Waals surface area contributed by atoms with E-state index in [1.807, 2.05) is 0 Å². The van der Waals surface area contributed by atoms with Crippen LogP contribution in [0.25, 0.3) is 0 Å². The lowest BCUT2D eigenvalue weighted by molar-refractivity contribution is -0.819. The number of furan rings is 1. The van der Waals surface area contributed by atoms with Gasteiger partial charge in [-0.15, -0.1) is 0 Å². The number of nitrogens with zero attached hydrogens (tertiary/aromatic N) is 2. The van der Waals surface area contributed by atoms with Crippen molar-refractivity contribution in [1.29, 1.82) is 0 Å². The number of hydrogen-bond donors (Lipinski definition) is 1. The Morgan fingerprint density at radius 3 is 2.76 bits per heavy atom. The summed E-state index contributed by atoms with van der Waals surface area (Å²) in [4.78, 5) is 0. The molecule has 0 amide bonds. The predicted octanol–water partition coefficient (Wildman–Crippen LogP) is 1.38. The predicted molar refractivity (Wildman–Crippen MR) is 60.6 cm³/mol. The van der Waals surface area contributed by atoms with Crippen molar-refractivity contribution in [2.24, 2.45) is 0 Å². The molecule has 5 heteroatoms. The molecule has 2 atom stereocenters. The molecule has 5 nitrogen and oxygen atoms in total. The molecule has 1 aromatic rings. The minimum absolute atomic E-state index is 0.0834. The Labute approximate surface area is 98.8 Å². The Bertz CT molecular complexity index is 476. The smallest absolute Gasteiger partial charge is 0.322 e. The van der Waals surface area contributed by atoms with Crippen LogP contribution in [0.4, 0.5) is 0 Å². The zero-order valence-corrected chi connectivity index (χ0v) is 9.45. The largest absolute Gasteiger partial charge is 0.623 e. The molecule has 0 aromatic carbocycles. The van der Waals surface area contributed by atoms with Gasteiger partial charge in [-0.25, -0.2) is 0 Å². The normalized spacial score (nSPS) is 28.8. The van der Waals surface area contributed by atoms with Crippen LogP contribution in [0.5, 0.6) is 0 Å². The molecule has 0 spiro atoms.